The monoisotopic (exact) mass is 335 g/mol. The summed E-state index contributed by atoms with van der Waals surface area (Å²) in [6, 6.07) is 6.25. The Morgan fingerprint density at radius 3 is 2.40 bits per heavy atom. The van der Waals surface area contributed by atoms with E-state index >= 15 is 0 Å². The van der Waals surface area contributed by atoms with E-state index < -0.39 is 17.7 Å². The molecular formula is C14H10Cl3F2N. The van der Waals surface area contributed by atoms with E-state index in [-0.39, 0.29) is 17.0 Å². The molecule has 6 heteroatoms. The van der Waals surface area contributed by atoms with Gasteiger partial charge in [-0.3, -0.25) is 0 Å². The van der Waals surface area contributed by atoms with E-state index in [1.165, 1.54) is 0 Å². The van der Waals surface area contributed by atoms with Crippen molar-refractivity contribution in [1.29, 1.82) is 0 Å². The van der Waals surface area contributed by atoms with Crippen LogP contribution in [0.15, 0.2) is 30.3 Å². The van der Waals surface area contributed by atoms with Crippen molar-refractivity contribution in [2.45, 2.75) is 12.5 Å². The predicted molar refractivity (Wildman–Crippen MR) is 78.5 cm³/mol. The molecule has 2 N–H and O–H groups in total. The Hall–Kier alpha value is -0.870. The van der Waals surface area contributed by atoms with Crippen LogP contribution in [0.5, 0.6) is 0 Å². The Labute approximate surface area is 130 Å². The quantitative estimate of drug-likeness (QED) is 0.769. The van der Waals surface area contributed by atoms with Gasteiger partial charge in [0.25, 0.3) is 0 Å². The first-order chi connectivity index (χ1) is 9.40. The molecule has 1 nitrogen and oxygen atoms in total. The first kappa shape index (κ1) is 15.5. The third-order valence-electron chi connectivity index (χ3n) is 2.91. The van der Waals surface area contributed by atoms with Crippen molar-refractivity contribution >= 4 is 34.8 Å². The summed E-state index contributed by atoms with van der Waals surface area (Å²) >= 11 is 17.4. The van der Waals surface area contributed by atoms with Crippen LogP contribution in [-0.2, 0) is 6.42 Å². The highest BCUT2D eigenvalue weighted by Gasteiger charge is 2.17. The predicted octanol–water partition coefficient (Wildman–Crippen LogP) is 5.17. The molecule has 0 aromatic heterocycles. The lowest BCUT2D eigenvalue weighted by Crippen LogP contribution is -2.15. The molecule has 0 aliphatic rings. The van der Waals surface area contributed by atoms with Crippen molar-refractivity contribution in [3.05, 3.63) is 68.2 Å². The maximum atomic E-state index is 13.8. The molecule has 2 rings (SSSR count). The lowest BCUT2D eigenvalue weighted by molar-refractivity contribution is 0.561. The summed E-state index contributed by atoms with van der Waals surface area (Å²) in [7, 11) is 0. The number of halogens is 5. The fraction of sp³-hybridized carbons (Fsp3) is 0.143. The fourth-order valence-electron chi connectivity index (χ4n) is 1.88. The summed E-state index contributed by atoms with van der Waals surface area (Å²) in [6.45, 7) is 0. The zero-order chi connectivity index (χ0) is 14.9. The van der Waals surface area contributed by atoms with Crippen molar-refractivity contribution in [2.75, 3.05) is 0 Å². The minimum Gasteiger partial charge on any atom is -0.324 e. The zero-order valence-electron chi connectivity index (χ0n) is 10.1. The molecule has 0 heterocycles. The fourth-order valence-corrected chi connectivity index (χ4v) is 2.42. The second-order valence-electron chi connectivity index (χ2n) is 4.31. The maximum Gasteiger partial charge on any atom is 0.142 e. The number of rotatable bonds is 3. The zero-order valence-corrected chi connectivity index (χ0v) is 12.4. The van der Waals surface area contributed by atoms with Crippen LogP contribution in [0.1, 0.15) is 17.2 Å². The molecule has 0 spiro atoms. The molecule has 0 bridgehead atoms. The van der Waals surface area contributed by atoms with E-state index in [2.05, 4.69) is 0 Å². The molecule has 0 amide bonds. The number of hydrogen-bond donors (Lipinski definition) is 1. The van der Waals surface area contributed by atoms with Crippen molar-refractivity contribution < 1.29 is 8.78 Å². The van der Waals surface area contributed by atoms with Crippen molar-refractivity contribution in [3.63, 3.8) is 0 Å². The van der Waals surface area contributed by atoms with Crippen molar-refractivity contribution in [3.8, 4) is 0 Å². The molecule has 0 saturated carbocycles. The molecule has 2 aromatic rings. The van der Waals surface area contributed by atoms with E-state index in [4.69, 9.17) is 40.5 Å². The molecule has 0 radical (unpaired) electrons. The minimum absolute atomic E-state index is 0.0444. The van der Waals surface area contributed by atoms with Crippen LogP contribution in [-0.4, -0.2) is 0 Å². The molecule has 20 heavy (non-hydrogen) atoms. The van der Waals surface area contributed by atoms with Crippen LogP contribution in [0, 0.1) is 11.6 Å². The largest absolute Gasteiger partial charge is 0.324 e. The highest BCUT2D eigenvalue weighted by Crippen LogP contribution is 2.30. The molecule has 1 unspecified atom stereocenters. The molecule has 0 aliphatic heterocycles. The second-order valence-corrected chi connectivity index (χ2v) is 5.50. The van der Waals surface area contributed by atoms with Gasteiger partial charge in [-0.15, -0.1) is 0 Å². The Morgan fingerprint density at radius 2 is 1.70 bits per heavy atom. The summed E-state index contributed by atoms with van der Waals surface area (Å²) in [5, 5.41) is 0.470. The Balaban J connectivity index is 2.31. The van der Waals surface area contributed by atoms with Gasteiger partial charge in [0, 0.05) is 11.6 Å². The van der Waals surface area contributed by atoms with Gasteiger partial charge in [-0.2, -0.15) is 0 Å². The van der Waals surface area contributed by atoms with Crippen molar-refractivity contribution in [2.24, 2.45) is 5.73 Å². The van der Waals surface area contributed by atoms with Gasteiger partial charge in [0.2, 0.25) is 0 Å². The summed E-state index contributed by atoms with van der Waals surface area (Å²) in [4.78, 5) is 0. The molecule has 2 aromatic carbocycles. The summed E-state index contributed by atoms with van der Waals surface area (Å²) in [5.74, 6) is -1.36. The van der Waals surface area contributed by atoms with Crippen LogP contribution in [0.2, 0.25) is 15.1 Å². The SMILES string of the molecule is NC(Cc1cccc(Cl)c1Cl)c1cc(F)c(Cl)cc1F. The van der Waals surface area contributed by atoms with Crippen LogP contribution in [0.25, 0.3) is 0 Å². The molecular weight excluding hydrogens is 327 g/mol. The topological polar surface area (TPSA) is 26.0 Å². The first-order valence-corrected chi connectivity index (χ1v) is 6.86. The van der Waals surface area contributed by atoms with Gasteiger partial charge in [0.1, 0.15) is 11.6 Å². The smallest absolute Gasteiger partial charge is 0.142 e. The number of benzene rings is 2. The molecule has 0 fully saturated rings. The van der Waals surface area contributed by atoms with E-state index in [9.17, 15) is 8.78 Å². The average Bonchev–Trinajstić information content (AvgIpc) is 2.39. The van der Waals surface area contributed by atoms with Crippen LogP contribution < -0.4 is 5.73 Å². The van der Waals surface area contributed by atoms with E-state index in [1.54, 1.807) is 18.2 Å². The summed E-state index contributed by atoms with van der Waals surface area (Å²) in [5.41, 5.74) is 6.63. The maximum absolute atomic E-state index is 13.8. The van der Waals surface area contributed by atoms with Crippen LogP contribution >= 0.6 is 34.8 Å². The van der Waals surface area contributed by atoms with Crippen molar-refractivity contribution in [1.82, 2.24) is 0 Å². The highest BCUT2D eigenvalue weighted by atomic mass is 35.5. The number of nitrogens with two attached hydrogens (primary N) is 1. The lowest BCUT2D eigenvalue weighted by Gasteiger charge is -2.15. The normalized spacial score (nSPS) is 12.5. The van der Waals surface area contributed by atoms with Gasteiger partial charge in [-0.1, -0.05) is 46.9 Å². The van der Waals surface area contributed by atoms with Gasteiger partial charge in [0.15, 0.2) is 0 Å². The van der Waals surface area contributed by atoms with Crippen LogP contribution in [0.4, 0.5) is 8.78 Å². The molecule has 106 valence electrons. The first-order valence-electron chi connectivity index (χ1n) is 5.73. The van der Waals surface area contributed by atoms with Gasteiger partial charge in [0.05, 0.1) is 15.1 Å². The van der Waals surface area contributed by atoms with Gasteiger partial charge >= 0.3 is 0 Å². The molecule has 0 saturated heterocycles. The Morgan fingerprint density at radius 1 is 1.00 bits per heavy atom. The summed E-state index contributed by atoms with van der Waals surface area (Å²) in [6.07, 6.45) is 0.234. The van der Waals surface area contributed by atoms with Gasteiger partial charge in [-0.25, -0.2) is 8.78 Å². The van der Waals surface area contributed by atoms with Gasteiger partial charge < -0.3 is 5.73 Å². The Kier molecular flexibility index (Phi) is 4.86. The third kappa shape index (κ3) is 3.23. The molecule has 1 atom stereocenters. The summed E-state index contributed by atoms with van der Waals surface area (Å²) < 4.78 is 27.2. The van der Waals surface area contributed by atoms with Gasteiger partial charge in [-0.05, 0) is 30.2 Å². The average molecular weight is 337 g/mol. The second kappa shape index (κ2) is 6.27. The number of hydrogen-bond acceptors (Lipinski definition) is 1. The Bertz CT molecular complexity index is 647. The highest BCUT2D eigenvalue weighted by molar-refractivity contribution is 6.42. The third-order valence-corrected chi connectivity index (χ3v) is 4.06. The van der Waals surface area contributed by atoms with E-state index in [0.717, 1.165) is 12.1 Å². The van der Waals surface area contributed by atoms with E-state index in [0.29, 0.717) is 15.6 Å². The standard InChI is InChI=1S/C14H10Cl3F2N/c15-9-3-1-2-7(14(9)17)4-13(20)8-5-12(19)10(16)6-11(8)18/h1-3,5-6,13H,4,20H2. The minimum atomic E-state index is -0.752. The lowest BCUT2D eigenvalue weighted by atomic mass is 9.99. The van der Waals surface area contributed by atoms with Crippen LogP contribution in [0.3, 0.4) is 0 Å². The molecule has 0 aliphatic carbocycles. The van der Waals surface area contributed by atoms with E-state index in [1.807, 2.05) is 0 Å².